The van der Waals surface area contributed by atoms with Gasteiger partial charge in [-0.1, -0.05) is 31.4 Å². The van der Waals surface area contributed by atoms with Crippen molar-refractivity contribution in [1.82, 2.24) is 15.1 Å². The zero-order chi connectivity index (χ0) is 14.8. The number of nitrogens with zero attached hydrogens (tertiary/aromatic N) is 2. The van der Waals surface area contributed by atoms with Crippen molar-refractivity contribution in [3.8, 4) is 0 Å². The summed E-state index contributed by atoms with van der Waals surface area (Å²) in [6.07, 6.45) is 5.59. The molecule has 20 heavy (non-hydrogen) atoms. The summed E-state index contributed by atoms with van der Waals surface area (Å²) in [4.78, 5) is 0. The van der Waals surface area contributed by atoms with Gasteiger partial charge in [0.25, 0.3) is 0 Å². The van der Waals surface area contributed by atoms with Crippen LogP contribution in [0, 0.1) is 6.92 Å². The van der Waals surface area contributed by atoms with E-state index in [0.29, 0.717) is 0 Å². The number of nitrogens with one attached hydrogen (secondary N) is 1. The molecule has 1 unspecified atom stereocenters. The van der Waals surface area contributed by atoms with Gasteiger partial charge >= 0.3 is 0 Å². The van der Waals surface area contributed by atoms with Crippen molar-refractivity contribution in [2.24, 2.45) is 7.05 Å². The molecule has 0 saturated heterocycles. The van der Waals surface area contributed by atoms with Crippen molar-refractivity contribution < 1.29 is 4.74 Å². The van der Waals surface area contributed by atoms with Gasteiger partial charge in [0.15, 0.2) is 0 Å². The molecule has 1 saturated carbocycles. The number of aromatic nitrogens is 2. The molecule has 0 radical (unpaired) electrons. The Balaban J connectivity index is 2.25. The van der Waals surface area contributed by atoms with Crippen molar-refractivity contribution >= 4 is 11.6 Å². The predicted molar refractivity (Wildman–Crippen MR) is 82.3 cm³/mol. The van der Waals surface area contributed by atoms with E-state index in [2.05, 4.69) is 17.3 Å². The lowest BCUT2D eigenvalue weighted by atomic mass is 9.88. The second-order valence-corrected chi connectivity index (χ2v) is 6.14. The maximum atomic E-state index is 6.40. The molecule has 0 amide bonds. The summed E-state index contributed by atoms with van der Waals surface area (Å²) in [5.74, 6) is 0. The molecule has 1 aromatic heterocycles. The average molecular weight is 300 g/mol. The van der Waals surface area contributed by atoms with Gasteiger partial charge in [-0.15, -0.1) is 0 Å². The topological polar surface area (TPSA) is 39.1 Å². The standard InChI is InChI=1S/C15H26ClN3O/c1-5-17-13(15(20-4)8-6-7-9-15)10-12-14(16)11(2)18-19(12)3/h13,17H,5-10H2,1-4H3. The molecule has 114 valence electrons. The van der Waals surface area contributed by atoms with Crippen molar-refractivity contribution in [2.75, 3.05) is 13.7 Å². The van der Waals surface area contributed by atoms with Gasteiger partial charge in [0.2, 0.25) is 0 Å². The lowest BCUT2D eigenvalue weighted by Crippen LogP contribution is -2.52. The van der Waals surface area contributed by atoms with Crippen molar-refractivity contribution in [1.29, 1.82) is 0 Å². The van der Waals surface area contributed by atoms with Gasteiger partial charge in [-0.3, -0.25) is 4.68 Å². The third kappa shape index (κ3) is 2.87. The average Bonchev–Trinajstić information content (AvgIpc) is 3.00. The van der Waals surface area contributed by atoms with E-state index in [1.54, 1.807) is 0 Å². The van der Waals surface area contributed by atoms with Crippen LogP contribution in [0.3, 0.4) is 0 Å². The Labute approximate surface area is 126 Å². The number of ether oxygens (including phenoxy) is 1. The Kier molecular flexibility index (Phi) is 5.10. The normalized spacial score (nSPS) is 19.4. The van der Waals surface area contributed by atoms with Crippen LogP contribution >= 0.6 is 11.6 Å². The second-order valence-electron chi connectivity index (χ2n) is 5.76. The van der Waals surface area contributed by atoms with Crippen LogP contribution in [-0.2, 0) is 18.2 Å². The van der Waals surface area contributed by atoms with E-state index in [4.69, 9.17) is 16.3 Å². The first-order valence-corrected chi connectivity index (χ1v) is 7.88. The Morgan fingerprint density at radius 2 is 2.10 bits per heavy atom. The molecule has 0 aromatic carbocycles. The maximum absolute atomic E-state index is 6.40. The Morgan fingerprint density at radius 3 is 2.55 bits per heavy atom. The van der Waals surface area contributed by atoms with Crippen LogP contribution in [0.15, 0.2) is 0 Å². The molecule has 1 aliphatic rings. The van der Waals surface area contributed by atoms with Crippen LogP contribution < -0.4 is 5.32 Å². The Bertz CT molecular complexity index is 452. The quantitative estimate of drug-likeness (QED) is 0.878. The van der Waals surface area contributed by atoms with E-state index >= 15 is 0 Å². The molecule has 1 atom stereocenters. The Morgan fingerprint density at radius 1 is 1.45 bits per heavy atom. The first kappa shape index (κ1) is 15.8. The molecule has 1 N–H and O–H groups in total. The third-order valence-corrected chi connectivity index (χ3v) is 5.09. The summed E-state index contributed by atoms with van der Waals surface area (Å²) in [5.41, 5.74) is 1.94. The summed E-state index contributed by atoms with van der Waals surface area (Å²) in [5, 5.41) is 8.81. The van der Waals surface area contributed by atoms with Crippen molar-refractivity contribution in [3.63, 3.8) is 0 Å². The molecule has 5 heteroatoms. The lowest BCUT2D eigenvalue weighted by Gasteiger charge is -2.37. The predicted octanol–water partition coefficient (Wildman–Crippen LogP) is 2.86. The van der Waals surface area contributed by atoms with Crippen LogP contribution in [0.1, 0.15) is 44.0 Å². The van der Waals surface area contributed by atoms with Gasteiger partial charge in [-0.2, -0.15) is 5.10 Å². The highest BCUT2D eigenvalue weighted by Gasteiger charge is 2.41. The Hall–Kier alpha value is -0.580. The smallest absolute Gasteiger partial charge is 0.0847 e. The van der Waals surface area contributed by atoms with Crippen molar-refractivity contribution in [2.45, 2.75) is 57.6 Å². The number of aryl methyl sites for hydroxylation is 2. The molecule has 4 nitrogen and oxygen atoms in total. The number of rotatable bonds is 6. The number of halogens is 1. The molecule has 0 aliphatic heterocycles. The largest absolute Gasteiger partial charge is 0.377 e. The van der Waals surface area contributed by atoms with E-state index in [-0.39, 0.29) is 11.6 Å². The number of methoxy groups -OCH3 is 1. The molecular weight excluding hydrogens is 274 g/mol. The van der Waals surface area contributed by atoms with E-state index < -0.39 is 0 Å². The van der Waals surface area contributed by atoms with Gasteiger partial charge in [-0.25, -0.2) is 0 Å². The highest BCUT2D eigenvalue weighted by atomic mass is 35.5. The van der Waals surface area contributed by atoms with E-state index in [0.717, 1.165) is 42.2 Å². The van der Waals surface area contributed by atoms with Gasteiger partial charge in [0.05, 0.1) is 22.0 Å². The number of hydrogen-bond donors (Lipinski definition) is 1. The first-order valence-electron chi connectivity index (χ1n) is 7.50. The van der Waals surface area contributed by atoms with E-state index in [1.165, 1.54) is 12.8 Å². The zero-order valence-corrected chi connectivity index (χ0v) is 13.8. The lowest BCUT2D eigenvalue weighted by molar-refractivity contribution is -0.0355. The summed E-state index contributed by atoms with van der Waals surface area (Å²) in [6.45, 7) is 5.03. The summed E-state index contributed by atoms with van der Waals surface area (Å²) >= 11 is 6.40. The molecule has 1 heterocycles. The van der Waals surface area contributed by atoms with Crippen LogP contribution in [0.25, 0.3) is 0 Å². The van der Waals surface area contributed by atoms with Crippen LogP contribution in [0.4, 0.5) is 0 Å². The SMILES string of the molecule is CCNC(Cc1c(Cl)c(C)nn1C)C1(OC)CCCC1. The molecule has 1 aliphatic carbocycles. The van der Waals surface area contributed by atoms with Gasteiger partial charge < -0.3 is 10.1 Å². The maximum Gasteiger partial charge on any atom is 0.0847 e. The van der Waals surface area contributed by atoms with Gasteiger partial charge in [-0.05, 0) is 26.3 Å². The highest BCUT2D eigenvalue weighted by Crippen LogP contribution is 2.37. The molecule has 0 bridgehead atoms. The zero-order valence-electron chi connectivity index (χ0n) is 13.0. The van der Waals surface area contributed by atoms with Gasteiger partial charge in [0, 0.05) is 26.6 Å². The van der Waals surface area contributed by atoms with E-state index in [9.17, 15) is 0 Å². The van der Waals surface area contributed by atoms with E-state index in [1.807, 2.05) is 25.8 Å². The second kappa shape index (κ2) is 6.46. The van der Waals surface area contributed by atoms with Crippen LogP contribution in [-0.4, -0.2) is 35.1 Å². The fourth-order valence-corrected chi connectivity index (χ4v) is 3.69. The fraction of sp³-hybridized carbons (Fsp3) is 0.800. The highest BCUT2D eigenvalue weighted by molar-refractivity contribution is 6.31. The van der Waals surface area contributed by atoms with Gasteiger partial charge in [0.1, 0.15) is 0 Å². The summed E-state index contributed by atoms with van der Waals surface area (Å²) in [6, 6.07) is 0.285. The molecule has 1 aromatic rings. The minimum atomic E-state index is -0.0580. The minimum absolute atomic E-state index is 0.0580. The first-order chi connectivity index (χ1) is 9.54. The van der Waals surface area contributed by atoms with Crippen LogP contribution in [0.2, 0.25) is 5.02 Å². The number of likely N-dealkylation sites (N-methyl/N-ethyl adjacent to an activating group) is 1. The van der Waals surface area contributed by atoms with Crippen LogP contribution in [0.5, 0.6) is 0 Å². The van der Waals surface area contributed by atoms with Crippen molar-refractivity contribution in [3.05, 3.63) is 16.4 Å². The third-order valence-electron chi connectivity index (χ3n) is 4.60. The molecule has 2 rings (SSSR count). The molecule has 1 fully saturated rings. The number of hydrogen-bond acceptors (Lipinski definition) is 3. The molecule has 0 spiro atoms. The monoisotopic (exact) mass is 299 g/mol. The summed E-state index contributed by atoms with van der Waals surface area (Å²) in [7, 11) is 3.80. The fourth-order valence-electron chi connectivity index (χ4n) is 3.45. The minimum Gasteiger partial charge on any atom is -0.377 e. The summed E-state index contributed by atoms with van der Waals surface area (Å²) < 4.78 is 7.84. The molecular formula is C15H26ClN3O.